The van der Waals surface area contributed by atoms with Gasteiger partial charge in [0.05, 0.1) is 24.3 Å². The second kappa shape index (κ2) is 8.53. The molecule has 0 saturated carbocycles. The monoisotopic (exact) mass is 448 g/mol. The van der Waals surface area contributed by atoms with Crippen LogP contribution in [0.25, 0.3) is 11.1 Å². The third-order valence-electron chi connectivity index (χ3n) is 6.93. The average Bonchev–Trinajstić information content (AvgIpc) is 3.34. The molecule has 0 aliphatic carbocycles. The number of hydrogen-bond donors (Lipinski definition) is 2. The molecule has 8 heteroatoms. The molecule has 4 heterocycles. The number of amides is 1. The van der Waals surface area contributed by atoms with Gasteiger partial charge in [0.1, 0.15) is 5.82 Å². The quantitative estimate of drug-likeness (QED) is 0.623. The summed E-state index contributed by atoms with van der Waals surface area (Å²) in [6, 6.07) is 14.4. The largest absolute Gasteiger partial charge is 0.396 e. The molecule has 33 heavy (non-hydrogen) atoms. The minimum Gasteiger partial charge on any atom is -0.396 e. The van der Waals surface area contributed by atoms with E-state index in [0.717, 1.165) is 11.4 Å². The van der Waals surface area contributed by atoms with Gasteiger partial charge in [0.2, 0.25) is 5.91 Å². The summed E-state index contributed by atoms with van der Waals surface area (Å²) < 4.78 is 15.4. The van der Waals surface area contributed by atoms with Crippen LogP contribution in [0, 0.1) is 17.7 Å². The Hall–Kier alpha value is -3.36. The molecule has 0 radical (unpaired) electrons. The van der Waals surface area contributed by atoms with E-state index in [1.54, 1.807) is 29.0 Å². The first kappa shape index (κ1) is 21.5. The summed E-state index contributed by atoms with van der Waals surface area (Å²) in [5.41, 5.74) is 2.35. The SMILES string of the molecule is CN1[C@H](C(=O)NCc2ccccn2)[C@@H](CO)[C@@H]2Cn3c(ccc(-c4cccc(F)c4)c3=O)[C@@H]21. The second-order valence-electron chi connectivity index (χ2n) is 8.70. The molecule has 1 saturated heterocycles. The van der Waals surface area contributed by atoms with Gasteiger partial charge in [-0.1, -0.05) is 18.2 Å². The molecule has 0 spiro atoms. The van der Waals surface area contributed by atoms with Crippen molar-refractivity contribution in [3.8, 4) is 11.1 Å². The number of likely N-dealkylation sites (N-methyl/N-ethyl adjacent to an activating group) is 1. The zero-order valence-corrected chi connectivity index (χ0v) is 18.2. The Balaban J connectivity index is 1.42. The lowest BCUT2D eigenvalue weighted by Gasteiger charge is -2.27. The summed E-state index contributed by atoms with van der Waals surface area (Å²) >= 11 is 0. The minimum atomic E-state index is -0.513. The van der Waals surface area contributed by atoms with Crippen molar-refractivity contribution in [3.05, 3.63) is 88.4 Å². The van der Waals surface area contributed by atoms with Crippen LogP contribution in [0.3, 0.4) is 0 Å². The first-order valence-corrected chi connectivity index (χ1v) is 11.0. The number of aliphatic hydroxyl groups excluding tert-OH is 1. The molecule has 2 N–H and O–H groups in total. The van der Waals surface area contributed by atoms with E-state index in [1.165, 1.54) is 12.1 Å². The Kier molecular flexibility index (Phi) is 5.55. The van der Waals surface area contributed by atoms with Crippen LogP contribution < -0.4 is 10.9 Å². The van der Waals surface area contributed by atoms with Gasteiger partial charge < -0.3 is 15.0 Å². The van der Waals surface area contributed by atoms with E-state index < -0.39 is 11.9 Å². The van der Waals surface area contributed by atoms with E-state index in [-0.39, 0.29) is 36.0 Å². The number of carbonyl (C=O) groups excluding carboxylic acids is 1. The standard InChI is InChI=1S/C25H25FN4O3/c1-29-22-19(20(14-31)23(29)24(32)28-12-17-7-2-3-10-27-17)13-30-21(22)9-8-18(25(30)33)15-5-4-6-16(26)11-15/h2-11,19-20,22-23,31H,12-14H2,1H3,(H,28,32)/t19-,20-,22+,23-/m0/s1. The number of nitrogens with zero attached hydrogens (tertiary/aromatic N) is 3. The number of likely N-dealkylation sites (tertiary alicyclic amines) is 1. The highest BCUT2D eigenvalue weighted by atomic mass is 19.1. The molecule has 0 bridgehead atoms. The Labute approximate surface area is 190 Å². The van der Waals surface area contributed by atoms with Crippen LogP contribution in [-0.4, -0.2) is 45.2 Å². The molecule has 1 fully saturated rings. The molecule has 1 aromatic carbocycles. The third-order valence-corrected chi connectivity index (χ3v) is 6.93. The minimum absolute atomic E-state index is 0.0824. The van der Waals surface area contributed by atoms with Crippen LogP contribution in [0.15, 0.2) is 65.6 Å². The molecule has 4 atom stereocenters. The molecular weight excluding hydrogens is 423 g/mol. The van der Waals surface area contributed by atoms with Crippen molar-refractivity contribution in [2.24, 2.45) is 11.8 Å². The molecule has 5 rings (SSSR count). The predicted molar refractivity (Wildman–Crippen MR) is 121 cm³/mol. The summed E-state index contributed by atoms with van der Waals surface area (Å²) in [5.74, 6) is -0.961. The van der Waals surface area contributed by atoms with Crippen LogP contribution in [0.1, 0.15) is 17.4 Å². The van der Waals surface area contributed by atoms with Crippen LogP contribution in [0.2, 0.25) is 0 Å². The van der Waals surface area contributed by atoms with Crippen molar-refractivity contribution in [2.75, 3.05) is 13.7 Å². The Bertz CT molecular complexity index is 1250. The topological polar surface area (TPSA) is 87.5 Å². The van der Waals surface area contributed by atoms with Crippen LogP contribution in [0.4, 0.5) is 4.39 Å². The summed E-state index contributed by atoms with van der Waals surface area (Å²) in [5, 5.41) is 13.1. The van der Waals surface area contributed by atoms with Gasteiger partial charge in [0.15, 0.2) is 0 Å². The molecule has 2 aromatic heterocycles. The van der Waals surface area contributed by atoms with Crippen molar-refractivity contribution in [3.63, 3.8) is 0 Å². The van der Waals surface area contributed by atoms with E-state index >= 15 is 0 Å². The van der Waals surface area contributed by atoms with E-state index in [4.69, 9.17) is 0 Å². The van der Waals surface area contributed by atoms with Crippen molar-refractivity contribution < 1.29 is 14.3 Å². The smallest absolute Gasteiger partial charge is 0.258 e. The fourth-order valence-electron chi connectivity index (χ4n) is 5.43. The van der Waals surface area contributed by atoms with Crippen LogP contribution in [-0.2, 0) is 17.9 Å². The fraction of sp³-hybridized carbons (Fsp3) is 0.320. The first-order valence-electron chi connectivity index (χ1n) is 11.0. The Morgan fingerprint density at radius 2 is 2.06 bits per heavy atom. The van der Waals surface area contributed by atoms with E-state index in [0.29, 0.717) is 24.2 Å². The highest BCUT2D eigenvalue weighted by Crippen LogP contribution is 2.48. The summed E-state index contributed by atoms with van der Waals surface area (Å²) in [6.07, 6.45) is 1.68. The molecule has 7 nitrogen and oxygen atoms in total. The zero-order valence-electron chi connectivity index (χ0n) is 18.2. The lowest BCUT2D eigenvalue weighted by molar-refractivity contribution is -0.127. The lowest BCUT2D eigenvalue weighted by Crippen LogP contribution is -2.46. The number of nitrogens with one attached hydrogen (secondary N) is 1. The molecule has 1 amide bonds. The van der Waals surface area contributed by atoms with E-state index in [1.807, 2.05) is 36.2 Å². The van der Waals surface area contributed by atoms with Gasteiger partial charge in [-0.3, -0.25) is 19.5 Å². The summed E-state index contributed by atoms with van der Waals surface area (Å²) in [6.45, 7) is 0.554. The number of fused-ring (bicyclic) bond motifs is 3. The van der Waals surface area contributed by atoms with Gasteiger partial charge in [-0.15, -0.1) is 0 Å². The van der Waals surface area contributed by atoms with Crippen molar-refractivity contribution in [1.82, 2.24) is 19.8 Å². The number of benzene rings is 1. The number of aliphatic hydroxyl groups is 1. The van der Waals surface area contributed by atoms with Gasteiger partial charge >= 0.3 is 0 Å². The van der Waals surface area contributed by atoms with Crippen molar-refractivity contribution >= 4 is 5.91 Å². The van der Waals surface area contributed by atoms with Gasteiger partial charge in [0, 0.05) is 42.4 Å². The van der Waals surface area contributed by atoms with Crippen LogP contribution >= 0.6 is 0 Å². The normalized spacial score (nSPS) is 23.8. The maximum absolute atomic E-state index is 13.7. The highest BCUT2D eigenvalue weighted by Gasteiger charge is 2.54. The molecule has 2 aliphatic rings. The zero-order chi connectivity index (χ0) is 23.1. The molecule has 3 aromatic rings. The third kappa shape index (κ3) is 3.65. The number of hydrogen-bond acceptors (Lipinski definition) is 5. The number of halogens is 1. The average molecular weight is 448 g/mol. The van der Waals surface area contributed by atoms with Gasteiger partial charge in [-0.05, 0) is 49.0 Å². The van der Waals surface area contributed by atoms with Crippen LogP contribution in [0.5, 0.6) is 0 Å². The maximum Gasteiger partial charge on any atom is 0.258 e. The van der Waals surface area contributed by atoms with Gasteiger partial charge in [0.25, 0.3) is 5.56 Å². The maximum atomic E-state index is 13.7. The van der Waals surface area contributed by atoms with Crippen molar-refractivity contribution in [2.45, 2.75) is 25.2 Å². The molecule has 170 valence electrons. The number of pyridine rings is 2. The second-order valence-corrected chi connectivity index (χ2v) is 8.70. The number of rotatable bonds is 5. The van der Waals surface area contributed by atoms with Gasteiger partial charge in [-0.25, -0.2) is 4.39 Å². The van der Waals surface area contributed by atoms with E-state index in [9.17, 15) is 19.1 Å². The molecular formula is C25H25FN4O3. The van der Waals surface area contributed by atoms with Crippen molar-refractivity contribution in [1.29, 1.82) is 0 Å². The lowest BCUT2D eigenvalue weighted by atomic mass is 9.88. The molecule has 0 unspecified atom stereocenters. The summed E-state index contributed by atoms with van der Waals surface area (Å²) in [4.78, 5) is 32.5. The number of carbonyl (C=O) groups is 1. The van der Waals surface area contributed by atoms with Gasteiger partial charge in [-0.2, -0.15) is 0 Å². The highest BCUT2D eigenvalue weighted by molar-refractivity contribution is 5.82. The Morgan fingerprint density at radius 1 is 1.21 bits per heavy atom. The predicted octanol–water partition coefficient (Wildman–Crippen LogP) is 1.96. The Morgan fingerprint density at radius 3 is 2.79 bits per heavy atom. The first-order chi connectivity index (χ1) is 16.0. The fourth-order valence-corrected chi connectivity index (χ4v) is 5.43. The van der Waals surface area contributed by atoms with E-state index in [2.05, 4.69) is 10.3 Å². The summed E-state index contributed by atoms with van der Waals surface area (Å²) in [7, 11) is 1.86. The molecule has 2 aliphatic heterocycles. The number of aromatic nitrogens is 2.